The van der Waals surface area contributed by atoms with E-state index in [1.807, 2.05) is 0 Å². The SMILES string of the molecule is CCN1CCC(c2nnc3cccc(C(=O)O)n23)C1. The minimum absolute atomic E-state index is 0.229. The molecule has 1 unspecified atom stereocenters. The Hall–Kier alpha value is -1.95. The lowest BCUT2D eigenvalue weighted by Gasteiger charge is -2.12. The van der Waals surface area contributed by atoms with E-state index in [-0.39, 0.29) is 11.6 Å². The fourth-order valence-electron chi connectivity index (χ4n) is 2.73. The van der Waals surface area contributed by atoms with Crippen LogP contribution in [0, 0.1) is 0 Å². The first-order valence-corrected chi connectivity index (χ1v) is 6.50. The number of fused-ring (bicyclic) bond motifs is 1. The largest absolute Gasteiger partial charge is 0.477 e. The molecule has 6 nitrogen and oxygen atoms in total. The van der Waals surface area contributed by atoms with Gasteiger partial charge in [-0.1, -0.05) is 13.0 Å². The lowest BCUT2D eigenvalue weighted by atomic mass is 10.1. The molecule has 0 bridgehead atoms. The summed E-state index contributed by atoms with van der Waals surface area (Å²) in [6.07, 6.45) is 1.00. The predicted molar refractivity (Wildman–Crippen MR) is 69.4 cm³/mol. The van der Waals surface area contributed by atoms with Crippen molar-refractivity contribution >= 4 is 11.6 Å². The summed E-state index contributed by atoms with van der Waals surface area (Å²) in [6.45, 7) is 5.10. The molecule has 1 atom stereocenters. The topological polar surface area (TPSA) is 70.7 Å². The standard InChI is InChI=1S/C13H16N4O2/c1-2-16-7-6-9(8-16)12-15-14-11-5-3-4-10(13(18)19)17(11)12/h3-5,9H,2,6-8H2,1H3,(H,18,19). The highest BCUT2D eigenvalue weighted by atomic mass is 16.4. The fraction of sp³-hybridized carbons (Fsp3) is 0.462. The molecule has 1 aliphatic heterocycles. The molecular weight excluding hydrogens is 244 g/mol. The van der Waals surface area contributed by atoms with E-state index in [2.05, 4.69) is 22.0 Å². The number of nitrogens with zero attached hydrogens (tertiary/aromatic N) is 4. The summed E-state index contributed by atoms with van der Waals surface area (Å²) < 4.78 is 1.67. The highest BCUT2D eigenvalue weighted by Gasteiger charge is 2.28. The number of carbonyl (C=O) groups is 1. The van der Waals surface area contributed by atoms with E-state index in [9.17, 15) is 9.90 Å². The number of likely N-dealkylation sites (tertiary alicyclic amines) is 1. The number of hydrogen-bond donors (Lipinski definition) is 1. The Balaban J connectivity index is 2.07. The van der Waals surface area contributed by atoms with Crippen molar-refractivity contribution < 1.29 is 9.90 Å². The minimum Gasteiger partial charge on any atom is -0.477 e. The van der Waals surface area contributed by atoms with Crippen LogP contribution in [0.25, 0.3) is 5.65 Å². The third-order valence-electron chi connectivity index (χ3n) is 3.76. The number of aromatic nitrogens is 3. The summed E-state index contributed by atoms with van der Waals surface area (Å²) in [5.74, 6) is 0.0800. The van der Waals surface area contributed by atoms with E-state index in [1.54, 1.807) is 22.6 Å². The van der Waals surface area contributed by atoms with Crippen molar-refractivity contribution in [1.29, 1.82) is 0 Å². The lowest BCUT2D eigenvalue weighted by Crippen LogP contribution is -2.20. The van der Waals surface area contributed by atoms with Crippen molar-refractivity contribution in [2.24, 2.45) is 0 Å². The second-order valence-electron chi connectivity index (χ2n) is 4.85. The molecule has 1 saturated heterocycles. The third-order valence-corrected chi connectivity index (χ3v) is 3.76. The van der Waals surface area contributed by atoms with Gasteiger partial charge in [-0.25, -0.2) is 4.79 Å². The van der Waals surface area contributed by atoms with Crippen LogP contribution in [0.2, 0.25) is 0 Å². The van der Waals surface area contributed by atoms with E-state index < -0.39 is 5.97 Å². The number of pyridine rings is 1. The molecular formula is C13H16N4O2. The Bertz CT molecular complexity index is 622. The molecule has 100 valence electrons. The highest BCUT2D eigenvalue weighted by molar-refractivity contribution is 5.86. The number of likely N-dealkylation sites (N-methyl/N-ethyl adjacent to an activating group) is 1. The molecule has 0 amide bonds. The Morgan fingerprint density at radius 1 is 1.47 bits per heavy atom. The van der Waals surface area contributed by atoms with Crippen LogP contribution >= 0.6 is 0 Å². The van der Waals surface area contributed by atoms with E-state index in [0.29, 0.717) is 5.65 Å². The zero-order chi connectivity index (χ0) is 13.4. The zero-order valence-electron chi connectivity index (χ0n) is 10.8. The minimum atomic E-state index is -0.947. The van der Waals surface area contributed by atoms with E-state index in [0.717, 1.165) is 31.9 Å². The Morgan fingerprint density at radius 2 is 2.32 bits per heavy atom. The number of carboxylic acid groups (broad SMARTS) is 1. The Labute approximate surface area is 110 Å². The van der Waals surface area contributed by atoms with Gasteiger partial charge in [-0.3, -0.25) is 4.40 Å². The van der Waals surface area contributed by atoms with Crippen LogP contribution in [0.4, 0.5) is 0 Å². The monoisotopic (exact) mass is 260 g/mol. The quantitative estimate of drug-likeness (QED) is 0.899. The lowest BCUT2D eigenvalue weighted by molar-refractivity contribution is 0.0688. The third kappa shape index (κ3) is 1.98. The Morgan fingerprint density at radius 3 is 3.00 bits per heavy atom. The molecule has 2 aromatic heterocycles. The second-order valence-corrected chi connectivity index (χ2v) is 4.85. The van der Waals surface area contributed by atoms with E-state index in [1.165, 1.54) is 0 Å². The first-order chi connectivity index (χ1) is 9.20. The molecule has 3 rings (SSSR count). The maximum Gasteiger partial charge on any atom is 0.352 e. The predicted octanol–water partition coefficient (Wildman–Crippen LogP) is 1.24. The van der Waals surface area contributed by atoms with Gasteiger partial charge in [0.05, 0.1) is 0 Å². The average Bonchev–Trinajstić information content (AvgIpc) is 3.03. The summed E-state index contributed by atoms with van der Waals surface area (Å²) >= 11 is 0. The van der Waals surface area contributed by atoms with Crippen molar-refractivity contribution in [3.05, 3.63) is 29.7 Å². The normalized spacial score (nSPS) is 20.2. The van der Waals surface area contributed by atoms with Gasteiger partial charge in [0.1, 0.15) is 11.5 Å². The van der Waals surface area contributed by atoms with Crippen molar-refractivity contribution in [3.63, 3.8) is 0 Å². The molecule has 1 fully saturated rings. The van der Waals surface area contributed by atoms with Crippen LogP contribution in [-0.2, 0) is 0 Å². The van der Waals surface area contributed by atoms with Gasteiger partial charge in [-0.15, -0.1) is 10.2 Å². The Kier molecular flexibility index (Phi) is 2.94. The van der Waals surface area contributed by atoms with Gasteiger partial charge in [0, 0.05) is 12.5 Å². The molecule has 19 heavy (non-hydrogen) atoms. The average molecular weight is 260 g/mol. The molecule has 0 radical (unpaired) electrons. The van der Waals surface area contributed by atoms with Gasteiger partial charge in [-0.05, 0) is 31.6 Å². The van der Waals surface area contributed by atoms with Gasteiger partial charge in [0.2, 0.25) is 0 Å². The molecule has 1 N–H and O–H groups in total. The summed E-state index contributed by atoms with van der Waals surface area (Å²) in [7, 11) is 0. The van der Waals surface area contributed by atoms with Gasteiger partial charge in [-0.2, -0.15) is 0 Å². The van der Waals surface area contributed by atoms with E-state index in [4.69, 9.17) is 0 Å². The summed E-state index contributed by atoms with van der Waals surface area (Å²) in [5, 5.41) is 17.6. The first-order valence-electron chi connectivity index (χ1n) is 6.50. The van der Waals surface area contributed by atoms with Gasteiger partial charge >= 0.3 is 5.97 Å². The van der Waals surface area contributed by atoms with Crippen LogP contribution in [-0.4, -0.2) is 50.2 Å². The number of rotatable bonds is 3. The maximum absolute atomic E-state index is 11.3. The van der Waals surface area contributed by atoms with Crippen LogP contribution < -0.4 is 0 Å². The summed E-state index contributed by atoms with van der Waals surface area (Å²) in [5.41, 5.74) is 0.831. The molecule has 1 aliphatic rings. The molecule has 2 aromatic rings. The molecule has 6 heteroatoms. The number of hydrogen-bond acceptors (Lipinski definition) is 4. The number of aromatic carboxylic acids is 1. The molecule has 0 spiro atoms. The first kappa shape index (κ1) is 12.1. The van der Waals surface area contributed by atoms with E-state index >= 15 is 0 Å². The summed E-state index contributed by atoms with van der Waals surface area (Å²) in [4.78, 5) is 13.7. The molecule has 3 heterocycles. The van der Waals surface area contributed by atoms with Gasteiger partial charge < -0.3 is 10.0 Å². The second kappa shape index (κ2) is 4.62. The summed E-state index contributed by atoms with van der Waals surface area (Å²) in [6, 6.07) is 5.08. The van der Waals surface area contributed by atoms with Crippen molar-refractivity contribution in [3.8, 4) is 0 Å². The molecule has 0 aromatic carbocycles. The smallest absolute Gasteiger partial charge is 0.352 e. The zero-order valence-corrected chi connectivity index (χ0v) is 10.8. The van der Waals surface area contributed by atoms with Crippen molar-refractivity contribution in [2.45, 2.75) is 19.3 Å². The highest BCUT2D eigenvalue weighted by Crippen LogP contribution is 2.26. The fourth-order valence-corrected chi connectivity index (χ4v) is 2.73. The van der Waals surface area contributed by atoms with Crippen LogP contribution in [0.3, 0.4) is 0 Å². The van der Waals surface area contributed by atoms with Gasteiger partial charge in [0.25, 0.3) is 0 Å². The van der Waals surface area contributed by atoms with Crippen LogP contribution in [0.5, 0.6) is 0 Å². The maximum atomic E-state index is 11.3. The van der Waals surface area contributed by atoms with Crippen LogP contribution in [0.1, 0.15) is 35.6 Å². The van der Waals surface area contributed by atoms with Crippen LogP contribution in [0.15, 0.2) is 18.2 Å². The molecule has 0 saturated carbocycles. The van der Waals surface area contributed by atoms with Crippen molar-refractivity contribution in [1.82, 2.24) is 19.5 Å². The van der Waals surface area contributed by atoms with Gasteiger partial charge in [0.15, 0.2) is 5.65 Å². The van der Waals surface area contributed by atoms with Crippen molar-refractivity contribution in [2.75, 3.05) is 19.6 Å². The number of carboxylic acids is 1. The molecule has 0 aliphatic carbocycles.